The van der Waals surface area contributed by atoms with Gasteiger partial charge in [-0.15, -0.1) is 0 Å². The first-order valence-corrected chi connectivity index (χ1v) is 6.21. The molecule has 0 spiro atoms. The number of aryl methyl sites for hydroxylation is 2. The molecule has 2 atom stereocenters. The highest BCUT2D eigenvalue weighted by Gasteiger charge is 2.33. The molecular weight excluding hydrogens is 237 g/mol. The fourth-order valence-corrected chi connectivity index (χ4v) is 2.18. The van der Waals surface area contributed by atoms with Gasteiger partial charge in [-0.3, -0.25) is 4.79 Å². The summed E-state index contributed by atoms with van der Waals surface area (Å²) in [5.41, 5.74) is 0. The van der Waals surface area contributed by atoms with E-state index in [0.29, 0.717) is 13.0 Å². The molecule has 100 valence electrons. The molecule has 2 rings (SSSR count). The lowest BCUT2D eigenvalue weighted by Crippen LogP contribution is -2.30. The number of aromatic nitrogens is 2. The van der Waals surface area contributed by atoms with Crippen molar-refractivity contribution in [3.63, 3.8) is 0 Å². The number of alkyl halides is 1. The molecule has 1 aliphatic rings. The van der Waals surface area contributed by atoms with Gasteiger partial charge in [0.15, 0.2) is 0 Å². The number of aliphatic hydroxyl groups is 1. The van der Waals surface area contributed by atoms with Crippen LogP contribution in [0, 0.1) is 0 Å². The highest BCUT2D eigenvalue weighted by Crippen LogP contribution is 2.14. The smallest absolute Gasteiger partial charge is 0.224 e. The summed E-state index contributed by atoms with van der Waals surface area (Å²) in [6.07, 6.45) is 2.32. The number of carbonyl (C=O) groups excluding carboxylic acids is 1. The normalized spacial score (nSPS) is 23.6. The number of likely N-dealkylation sites (tertiary alicyclic amines) is 1. The van der Waals surface area contributed by atoms with E-state index < -0.39 is 12.3 Å². The van der Waals surface area contributed by atoms with Crippen molar-refractivity contribution < 1.29 is 14.3 Å². The van der Waals surface area contributed by atoms with Crippen LogP contribution in [-0.2, 0) is 17.8 Å². The molecule has 1 amide bonds. The van der Waals surface area contributed by atoms with Crippen LogP contribution in [-0.4, -0.2) is 50.8 Å². The number of aliphatic hydroxyl groups excluding tert-OH is 1. The molecular formula is C12H18FN3O2. The molecule has 1 aromatic heterocycles. The highest BCUT2D eigenvalue weighted by molar-refractivity contribution is 5.76. The number of halogens is 1. The standard InChI is InChI=1S/C12H18FN3O2/c1-2-11-14-4-6-15(11)5-3-12(18)16-7-9(13)10(17)8-16/h4,6,9-10,17H,2-3,5,7-8H2,1H3/t9-,10-/m1/s1. The van der Waals surface area contributed by atoms with Gasteiger partial charge < -0.3 is 14.6 Å². The zero-order chi connectivity index (χ0) is 13.1. The number of hydrogen-bond donors (Lipinski definition) is 1. The number of rotatable bonds is 4. The Hall–Kier alpha value is -1.43. The van der Waals surface area contributed by atoms with Crippen molar-refractivity contribution >= 4 is 5.91 Å². The summed E-state index contributed by atoms with van der Waals surface area (Å²) < 4.78 is 15.0. The average Bonchev–Trinajstić information content (AvgIpc) is 2.93. The maximum absolute atomic E-state index is 13.1. The molecule has 0 bridgehead atoms. The Morgan fingerprint density at radius 1 is 1.61 bits per heavy atom. The summed E-state index contributed by atoms with van der Waals surface area (Å²) >= 11 is 0. The van der Waals surface area contributed by atoms with E-state index in [4.69, 9.17) is 0 Å². The topological polar surface area (TPSA) is 58.4 Å². The van der Waals surface area contributed by atoms with E-state index in [-0.39, 0.29) is 19.0 Å². The summed E-state index contributed by atoms with van der Waals surface area (Å²) in [6, 6.07) is 0. The van der Waals surface area contributed by atoms with Crippen molar-refractivity contribution in [1.82, 2.24) is 14.5 Å². The fourth-order valence-electron chi connectivity index (χ4n) is 2.18. The van der Waals surface area contributed by atoms with Gasteiger partial charge in [0.1, 0.15) is 18.1 Å². The Morgan fingerprint density at radius 3 is 3.00 bits per heavy atom. The number of β-amino-alcohol motifs (C(OH)–C–C–N with tert-alkyl or cyclic N) is 1. The molecule has 0 saturated carbocycles. The zero-order valence-electron chi connectivity index (χ0n) is 10.4. The predicted molar refractivity (Wildman–Crippen MR) is 63.7 cm³/mol. The molecule has 1 N–H and O–H groups in total. The molecule has 0 radical (unpaired) electrons. The molecule has 0 unspecified atom stereocenters. The van der Waals surface area contributed by atoms with Crippen LogP contribution < -0.4 is 0 Å². The van der Waals surface area contributed by atoms with E-state index in [1.54, 1.807) is 6.20 Å². The third kappa shape index (κ3) is 2.69. The lowest BCUT2D eigenvalue weighted by atomic mass is 10.3. The first-order valence-electron chi connectivity index (χ1n) is 6.21. The second-order valence-corrected chi connectivity index (χ2v) is 4.52. The quantitative estimate of drug-likeness (QED) is 0.846. The number of imidazole rings is 1. The van der Waals surface area contributed by atoms with Crippen LogP contribution in [0.2, 0.25) is 0 Å². The second-order valence-electron chi connectivity index (χ2n) is 4.52. The molecule has 1 aliphatic heterocycles. The highest BCUT2D eigenvalue weighted by atomic mass is 19.1. The van der Waals surface area contributed by atoms with E-state index in [9.17, 15) is 14.3 Å². The second kappa shape index (κ2) is 5.48. The van der Waals surface area contributed by atoms with Crippen LogP contribution in [0.1, 0.15) is 19.2 Å². The van der Waals surface area contributed by atoms with Gasteiger partial charge in [0.2, 0.25) is 5.91 Å². The summed E-state index contributed by atoms with van der Waals surface area (Å²) in [4.78, 5) is 17.4. The Balaban J connectivity index is 1.86. The van der Waals surface area contributed by atoms with Crippen molar-refractivity contribution in [2.75, 3.05) is 13.1 Å². The SMILES string of the molecule is CCc1nccn1CCC(=O)N1C[C@@H](O)[C@H](F)C1. The van der Waals surface area contributed by atoms with Gasteiger partial charge in [-0.05, 0) is 0 Å². The van der Waals surface area contributed by atoms with Crippen LogP contribution >= 0.6 is 0 Å². The van der Waals surface area contributed by atoms with Crippen LogP contribution in [0.3, 0.4) is 0 Å². The molecule has 1 aromatic rings. The van der Waals surface area contributed by atoms with Crippen LogP contribution in [0.5, 0.6) is 0 Å². The first-order chi connectivity index (χ1) is 8.61. The molecule has 6 heteroatoms. The average molecular weight is 255 g/mol. The third-order valence-electron chi connectivity index (χ3n) is 3.26. The molecule has 2 heterocycles. The Kier molecular flexibility index (Phi) is 3.96. The van der Waals surface area contributed by atoms with E-state index in [1.165, 1.54) is 4.90 Å². The molecule has 1 fully saturated rings. The minimum Gasteiger partial charge on any atom is -0.388 e. The van der Waals surface area contributed by atoms with Crippen molar-refractivity contribution in [2.24, 2.45) is 0 Å². The van der Waals surface area contributed by atoms with Crippen molar-refractivity contribution in [1.29, 1.82) is 0 Å². The van der Waals surface area contributed by atoms with Gasteiger partial charge in [-0.2, -0.15) is 0 Å². The third-order valence-corrected chi connectivity index (χ3v) is 3.26. The molecule has 0 aliphatic carbocycles. The minimum atomic E-state index is -1.31. The fraction of sp³-hybridized carbons (Fsp3) is 0.667. The van der Waals surface area contributed by atoms with Crippen molar-refractivity contribution in [3.8, 4) is 0 Å². The van der Waals surface area contributed by atoms with Gasteiger partial charge in [-0.1, -0.05) is 6.92 Å². The zero-order valence-corrected chi connectivity index (χ0v) is 10.4. The molecule has 18 heavy (non-hydrogen) atoms. The Labute approximate surface area is 105 Å². The van der Waals surface area contributed by atoms with Gasteiger partial charge in [-0.25, -0.2) is 9.37 Å². The summed E-state index contributed by atoms with van der Waals surface area (Å²) in [5.74, 6) is 0.817. The van der Waals surface area contributed by atoms with E-state index >= 15 is 0 Å². The van der Waals surface area contributed by atoms with Gasteiger partial charge in [0.25, 0.3) is 0 Å². The van der Waals surface area contributed by atoms with Crippen molar-refractivity contribution in [2.45, 2.75) is 38.6 Å². The number of nitrogens with zero attached hydrogens (tertiary/aromatic N) is 3. The lowest BCUT2D eigenvalue weighted by Gasteiger charge is -2.15. The van der Waals surface area contributed by atoms with Crippen molar-refractivity contribution in [3.05, 3.63) is 18.2 Å². The lowest BCUT2D eigenvalue weighted by molar-refractivity contribution is -0.130. The van der Waals surface area contributed by atoms with Gasteiger partial charge in [0.05, 0.1) is 6.54 Å². The van der Waals surface area contributed by atoms with E-state index in [0.717, 1.165) is 12.2 Å². The first kappa shape index (κ1) is 13.0. The predicted octanol–water partition coefficient (Wildman–Crippen LogP) is 0.377. The van der Waals surface area contributed by atoms with Crippen LogP contribution in [0.25, 0.3) is 0 Å². The number of hydrogen-bond acceptors (Lipinski definition) is 3. The van der Waals surface area contributed by atoms with E-state index in [1.807, 2.05) is 17.7 Å². The monoisotopic (exact) mass is 255 g/mol. The summed E-state index contributed by atoms with van der Waals surface area (Å²) in [5, 5.41) is 9.27. The minimum absolute atomic E-state index is 0.00453. The number of amides is 1. The Bertz CT molecular complexity index is 411. The van der Waals surface area contributed by atoms with Crippen LogP contribution in [0.4, 0.5) is 4.39 Å². The Morgan fingerprint density at radius 2 is 2.39 bits per heavy atom. The maximum atomic E-state index is 13.1. The number of carbonyl (C=O) groups is 1. The van der Waals surface area contributed by atoms with Gasteiger partial charge in [0, 0.05) is 38.3 Å². The van der Waals surface area contributed by atoms with E-state index in [2.05, 4.69) is 4.98 Å². The summed E-state index contributed by atoms with van der Waals surface area (Å²) in [7, 11) is 0. The van der Waals surface area contributed by atoms with Gasteiger partial charge >= 0.3 is 0 Å². The summed E-state index contributed by atoms with van der Waals surface area (Å²) in [6.45, 7) is 2.66. The molecule has 0 aromatic carbocycles. The molecule has 5 nitrogen and oxygen atoms in total. The largest absolute Gasteiger partial charge is 0.388 e. The molecule has 1 saturated heterocycles. The maximum Gasteiger partial charge on any atom is 0.224 e. The van der Waals surface area contributed by atoms with Crippen LogP contribution in [0.15, 0.2) is 12.4 Å².